The number of nitrogens with zero attached hydrogens (tertiary/aromatic N) is 6. The van der Waals surface area contributed by atoms with Gasteiger partial charge in [-0.3, -0.25) is 9.20 Å². The molecule has 176 valence electrons. The molecular formula is C26H24ClN7O. The summed E-state index contributed by atoms with van der Waals surface area (Å²) in [5.41, 5.74) is 2.87. The number of para-hydroxylation sites is 1. The van der Waals surface area contributed by atoms with E-state index in [-0.39, 0.29) is 5.56 Å². The van der Waals surface area contributed by atoms with Crippen molar-refractivity contribution < 1.29 is 0 Å². The van der Waals surface area contributed by atoms with Crippen LogP contribution < -0.4 is 15.8 Å². The van der Waals surface area contributed by atoms with Crippen molar-refractivity contribution in [1.82, 2.24) is 23.9 Å². The van der Waals surface area contributed by atoms with Gasteiger partial charge in [-0.05, 0) is 55.7 Å². The highest BCUT2D eigenvalue weighted by Crippen LogP contribution is 2.32. The topological polar surface area (TPSA) is 80.4 Å². The minimum atomic E-state index is -0.279. The first-order valence-corrected chi connectivity index (χ1v) is 12.2. The Kier molecular flexibility index (Phi) is 5.37. The number of hydrogen-bond acceptors (Lipinski definition) is 6. The van der Waals surface area contributed by atoms with Gasteiger partial charge >= 0.3 is 0 Å². The van der Waals surface area contributed by atoms with E-state index >= 15 is 0 Å². The molecule has 6 rings (SSSR count). The molecule has 5 aromatic rings. The molecule has 0 unspecified atom stereocenters. The normalized spacial score (nSPS) is 13.4. The third-order valence-corrected chi connectivity index (χ3v) is 6.57. The second-order valence-electron chi connectivity index (χ2n) is 8.72. The molecule has 0 aliphatic heterocycles. The van der Waals surface area contributed by atoms with Gasteiger partial charge in [-0.1, -0.05) is 30.7 Å². The van der Waals surface area contributed by atoms with E-state index in [0.29, 0.717) is 39.5 Å². The average molecular weight is 486 g/mol. The molecule has 0 atom stereocenters. The molecule has 3 heterocycles. The number of aromatic nitrogens is 5. The maximum atomic E-state index is 13.4. The van der Waals surface area contributed by atoms with Crippen LogP contribution in [0.2, 0.25) is 5.02 Å². The lowest BCUT2D eigenvalue weighted by molar-refractivity contribution is 0.763. The van der Waals surface area contributed by atoms with E-state index in [1.54, 1.807) is 35.1 Å². The lowest BCUT2D eigenvalue weighted by Crippen LogP contribution is -2.26. The van der Waals surface area contributed by atoms with E-state index in [2.05, 4.69) is 44.2 Å². The molecule has 0 bridgehead atoms. The van der Waals surface area contributed by atoms with Crippen LogP contribution in [0.3, 0.4) is 0 Å². The first-order chi connectivity index (χ1) is 17.1. The number of anilines is 3. The van der Waals surface area contributed by atoms with Crippen molar-refractivity contribution in [3.63, 3.8) is 0 Å². The Morgan fingerprint density at radius 2 is 1.91 bits per heavy atom. The van der Waals surface area contributed by atoms with Gasteiger partial charge in [0.15, 0.2) is 5.65 Å². The SMILES string of the molecule is CCCN(c1ccc(Nc2ncc3c(=O)n(-c4ccccc4Cl)c4nccn4c3n2)cc1)C1CC1. The molecule has 0 spiro atoms. The lowest BCUT2D eigenvalue weighted by Gasteiger charge is -2.24. The smallest absolute Gasteiger partial charge is 0.270 e. The summed E-state index contributed by atoms with van der Waals surface area (Å²) >= 11 is 6.39. The number of halogens is 1. The molecule has 8 nitrogen and oxygen atoms in total. The van der Waals surface area contributed by atoms with Crippen molar-refractivity contribution in [2.75, 3.05) is 16.8 Å². The summed E-state index contributed by atoms with van der Waals surface area (Å²) in [4.78, 5) is 29.4. The van der Waals surface area contributed by atoms with Crippen LogP contribution >= 0.6 is 11.6 Å². The molecule has 1 N–H and O–H groups in total. The fourth-order valence-electron chi connectivity index (χ4n) is 4.47. The van der Waals surface area contributed by atoms with Crippen LogP contribution in [-0.4, -0.2) is 36.5 Å². The highest BCUT2D eigenvalue weighted by Gasteiger charge is 2.28. The summed E-state index contributed by atoms with van der Waals surface area (Å²) in [5, 5.41) is 4.10. The van der Waals surface area contributed by atoms with E-state index in [1.165, 1.54) is 23.1 Å². The van der Waals surface area contributed by atoms with Crippen LogP contribution in [-0.2, 0) is 0 Å². The van der Waals surface area contributed by atoms with Crippen LogP contribution in [0.5, 0.6) is 0 Å². The standard InChI is InChI=1S/C26H24ClN7O/c1-2-14-32(19-11-12-19)18-9-7-17(8-10-18)30-25-29-16-20-23(31-25)33-15-13-28-26(33)34(24(20)35)22-6-4-3-5-21(22)27/h3-10,13,15-16,19H,2,11-12,14H2,1H3,(H,29,30,31). The van der Waals surface area contributed by atoms with E-state index in [9.17, 15) is 4.79 Å². The molecule has 0 saturated heterocycles. The van der Waals surface area contributed by atoms with E-state index < -0.39 is 0 Å². The zero-order valence-corrected chi connectivity index (χ0v) is 20.0. The zero-order valence-electron chi connectivity index (χ0n) is 19.2. The maximum absolute atomic E-state index is 13.4. The molecule has 0 amide bonds. The second kappa shape index (κ2) is 8.70. The number of fused-ring (bicyclic) bond motifs is 3. The van der Waals surface area contributed by atoms with Gasteiger partial charge < -0.3 is 10.2 Å². The fraction of sp³-hybridized carbons (Fsp3) is 0.231. The Balaban J connectivity index is 1.37. The average Bonchev–Trinajstić information content (AvgIpc) is 3.60. The van der Waals surface area contributed by atoms with Gasteiger partial charge in [0.2, 0.25) is 11.7 Å². The van der Waals surface area contributed by atoms with Crippen molar-refractivity contribution in [2.24, 2.45) is 0 Å². The van der Waals surface area contributed by atoms with E-state index in [1.807, 2.05) is 24.3 Å². The van der Waals surface area contributed by atoms with Crippen molar-refractivity contribution in [3.05, 3.63) is 82.5 Å². The molecule has 3 aromatic heterocycles. The highest BCUT2D eigenvalue weighted by atomic mass is 35.5. The summed E-state index contributed by atoms with van der Waals surface area (Å²) in [7, 11) is 0. The summed E-state index contributed by atoms with van der Waals surface area (Å²) in [6.45, 7) is 3.28. The van der Waals surface area contributed by atoms with E-state index in [4.69, 9.17) is 11.6 Å². The number of rotatable bonds is 7. The Morgan fingerprint density at radius 3 is 2.66 bits per heavy atom. The highest BCUT2D eigenvalue weighted by molar-refractivity contribution is 6.32. The summed E-state index contributed by atoms with van der Waals surface area (Å²) in [5.74, 6) is 0.837. The van der Waals surface area contributed by atoms with Gasteiger partial charge in [0.1, 0.15) is 5.39 Å². The molecule has 0 radical (unpaired) electrons. The van der Waals surface area contributed by atoms with Crippen molar-refractivity contribution in [3.8, 4) is 5.69 Å². The predicted molar refractivity (Wildman–Crippen MR) is 139 cm³/mol. The number of benzene rings is 2. The quantitative estimate of drug-likeness (QED) is 0.341. The number of hydrogen-bond donors (Lipinski definition) is 1. The largest absolute Gasteiger partial charge is 0.369 e. The predicted octanol–water partition coefficient (Wildman–Crippen LogP) is 5.20. The van der Waals surface area contributed by atoms with Crippen LogP contribution in [0.1, 0.15) is 26.2 Å². The Bertz CT molecular complexity index is 1590. The molecule has 1 saturated carbocycles. The molecule has 35 heavy (non-hydrogen) atoms. The fourth-order valence-corrected chi connectivity index (χ4v) is 4.69. The Labute approximate surface area is 206 Å². The van der Waals surface area contributed by atoms with Crippen LogP contribution in [0.15, 0.2) is 71.9 Å². The van der Waals surface area contributed by atoms with E-state index in [0.717, 1.165) is 18.7 Å². The summed E-state index contributed by atoms with van der Waals surface area (Å²) in [6, 6.07) is 16.2. The van der Waals surface area contributed by atoms with Gasteiger partial charge in [-0.25, -0.2) is 14.5 Å². The molecule has 1 fully saturated rings. The molecule has 1 aliphatic carbocycles. The minimum Gasteiger partial charge on any atom is -0.369 e. The van der Waals surface area contributed by atoms with Gasteiger partial charge in [-0.15, -0.1) is 0 Å². The van der Waals surface area contributed by atoms with Crippen molar-refractivity contribution >= 4 is 45.7 Å². The summed E-state index contributed by atoms with van der Waals surface area (Å²) in [6.07, 6.45) is 8.62. The third kappa shape index (κ3) is 3.89. The van der Waals surface area contributed by atoms with Crippen molar-refractivity contribution in [2.45, 2.75) is 32.2 Å². The van der Waals surface area contributed by atoms with Gasteiger partial charge in [0.25, 0.3) is 5.56 Å². The van der Waals surface area contributed by atoms with Gasteiger partial charge in [-0.2, -0.15) is 4.98 Å². The monoisotopic (exact) mass is 485 g/mol. The van der Waals surface area contributed by atoms with Gasteiger partial charge in [0.05, 0.1) is 10.7 Å². The molecule has 1 aliphatic rings. The molecular weight excluding hydrogens is 462 g/mol. The lowest BCUT2D eigenvalue weighted by atomic mass is 10.2. The van der Waals surface area contributed by atoms with Crippen LogP contribution in [0.4, 0.5) is 17.3 Å². The number of imidazole rings is 1. The van der Waals surface area contributed by atoms with Crippen molar-refractivity contribution in [1.29, 1.82) is 0 Å². The Morgan fingerprint density at radius 1 is 1.11 bits per heavy atom. The Hall–Kier alpha value is -3.91. The minimum absolute atomic E-state index is 0.279. The van der Waals surface area contributed by atoms with Crippen LogP contribution in [0.25, 0.3) is 22.5 Å². The first-order valence-electron chi connectivity index (χ1n) is 11.8. The number of nitrogens with one attached hydrogen (secondary N) is 1. The molecule has 2 aromatic carbocycles. The van der Waals surface area contributed by atoms with Gasteiger partial charge in [0, 0.05) is 42.6 Å². The third-order valence-electron chi connectivity index (χ3n) is 6.25. The second-order valence-corrected chi connectivity index (χ2v) is 9.12. The molecule has 9 heteroatoms. The first kappa shape index (κ1) is 21.6. The zero-order chi connectivity index (χ0) is 23.9. The van der Waals surface area contributed by atoms with Crippen LogP contribution in [0, 0.1) is 0 Å². The maximum Gasteiger partial charge on any atom is 0.270 e. The summed E-state index contributed by atoms with van der Waals surface area (Å²) < 4.78 is 3.26.